The van der Waals surface area contributed by atoms with E-state index in [1.807, 2.05) is 35.7 Å². The average Bonchev–Trinajstić information content (AvgIpc) is 3.45. The van der Waals surface area contributed by atoms with E-state index in [1.165, 1.54) is 21.2 Å². The van der Waals surface area contributed by atoms with E-state index in [0.29, 0.717) is 22.6 Å². The molecule has 2 heterocycles. The summed E-state index contributed by atoms with van der Waals surface area (Å²) in [6.45, 7) is 0. The Labute approximate surface area is 205 Å². The van der Waals surface area contributed by atoms with Gasteiger partial charge in [0.15, 0.2) is 0 Å². The molecule has 0 fully saturated rings. The Hall–Kier alpha value is -1.91. The van der Waals surface area contributed by atoms with Crippen molar-refractivity contribution >= 4 is 33.6 Å². The van der Waals surface area contributed by atoms with Gasteiger partial charge in [0.2, 0.25) is 0 Å². The summed E-state index contributed by atoms with van der Waals surface area (Å²) >= 11 is 3.72. The molecular formula is C26H22IrN2S2. The van der Waals surface area contributed by atoms with Gasteiger partial charge in [0, 0.05) is 31.2 Å². The SMILES string of the molecule is C1=CC2N=C(c3ccccc3)SC2C=C1.C1=CC2N=C(c3ccccc3)SC2C=C1.[Ir]. The Balaban J connectivity index is 0.000000144. The number of hydrogen-bond donors (Lipinski definition) is 0. The van der Waals surface area contributed by atoms with Gasteiger partial charge in [-0.15, -0.1) is 0 Å². The number of aliphatic imine (C=N–C) groups is 2. The quantitative estimate of drug-likeness (QED) is 0.408. The summed E-state index contributed by atoms with van der Waals surface area (Å²) in [4.78, 5) is 9.44. The number of fused-ring (bicyclic) bond motifs is 2. The molecule has 2 aromatic carbocycles. The zero-order chi connectivity index (χ0) is 20.2. The van der Waals surface area contributed by atoms with Crippen molar-refractivity contribution < 1.29 is 20.1 Å². The molecule has 0 saturated carbocycles. The van der Waals surface area contributed by atoms with Crippen LogP contribution in [0.4, 0.5) is 0 Å². The van der Waals surface area contributed by atoms with Gasteiger partial charge in [0.05, 0.1) is 32.7 Å². The zero-order valence-corrected chi connectivity index (χ0v) is 20.8. The first-order valence-electron chi connectivity index (χ1n) is 10.2. The molecule has 4 aliphatic rings. The first-order chi connectivity index (χ1) is 14.9. The van der Waals surface area contributed by atoms with E-state index in [4.69, 9.17) is 9.98 Å². The van der Waals surface area contributed by atoms with Crippen LogP contribution in [0.2, 0.25) is 0 Å². The zero-order valence-electron chi connectivity index (χ0n) is 16.7. The van der Waals surface area contributed by atoms with Crippen LogP contribution in [0.1, 0.15) is 11.1 Å². The van der Waals surface area contributed by atoms with E-state index >= 15 is 0 Å². The Morgan fingerprint density at radius 3 is 1.29 bits per heavy atom. The van der Waals surface area contributed by atoms with Crippen LogP contribution in [0, 0.1) is 0 Å². The first-order valence-corrected chi connectivity index (χ1v) is 11.9. The molecule has 5 heteroatoms. The van der Waals surface area contributed by atoms with Crippen molar-refractivity contribution in [2.45, 2.75) is 22.6 Å². The summed E-state index contributed by atoms with van der Waals surface area (Å²) in [6, 6.07) is 21.5. The van der Waals surface area contributed by atoms with Crippen molar-refractivity contribution in [3.05, 3.63) is 120 Å². The Kier molecular flexibility index (Phi) is 7.62. The van der Waals surface area contributed by atoms with Crippen LogP contribution in [0.3, 0.4) is 0 Å². The van der Waals surface area contributed by atoms with Crippen LogP contribution in [0.5, 0.6) is 0 Å². The molecule has 157 valence electrons. The monoisotopic (exact) mass is 619 g/mol. The van der Waals surface area contributed by atoms with Crippen LogP contribution in [-0.2, 0) is 20.1 Å². The van der Waals surface area contributed by atoms with Gasteiger partial charge in [-0.05, 0) is 0 Å². The maximum atomic E-state index is 4.72. The maximum absolute atomic E-state index is 4.72. The average molecular weight is 619 g/mol. The van der Waals surface area contributed by atoms with Gasteiger partial charge in [-0.25, -0.2) is 0 Å². The standard InChI is InChI=1S/2C13H11NS.Ir/c2*1-2-6-10(7-3-1)13-14-11-8-4-5-9-12(11)15-13;/h2*1-9,11-12H;. The third-order valence-electron chi connectivity index (χ3n) is 5.18. The molecular weight excluding hydrogens is 597 g/mol. The Bertz CT molecular complexity index is 984. The fourth-order valence-corrected chi connectivity index (χ4v) is 5.98. The molecule has 2 aromatic rings. The molecule has 1 radical (unpaired) electrons. The fourth-order valence-electron chi connectivity index (χ4n) is 3.64. The van der Waals surface area contributed by atoms with Gasteiger partial charge in [0.1, 0.15) is 0 Å². The van der Waals surface area contributed by atoms with Crippen molar-refractivity contribution in [1.82, 2.24) is 0 Å². The van der Waals surface area contributed by atoms with Crippen LogP contribution < -0.4 is 0 Å². The van der Waals surface area contributed by atoms with E-state index < -0.39 is 0 Å². The Morgan fingerprint density at radius 2 is 0.903 bits per heavy atom. The molecule has 2 aliphatic carbocycles. The molecule has 0 bridgehead atoms. The minimum Gasteiger partial charge on any atom is -0.269 e. The minimum absolute atomic E-state index is 0. The summed E-state index contributed by atoms with van der Waals surface area (Å²) in [5.41, 5.74) is 2.47. The number of hydrogen-bond acceptors (Lipinski definition) is 4. The first kappa shape index (κ1) is 22.3. The molecule has 4 atom stereocenters. The molecule has 4 unspecified atom stereocenters. The molecule has 0 N–H and O–H groups in total. The van der Waals surface area contributed by atoms with Crippen molar-refractivity contribution in [2.24, 2.45) is 9.98 Å². The second kappa shape index (κ2) is 10.6. The molecule has 2 aliphatic heterocycles. The molecule has 0 amide bonds. The molecule has 0 spiro atoms. The van der Waals surface area contributed by atoms with Gasteiger partial charge in [-0.2, -0.15) is 0 Å². The molecule has 6 rings (SSSR count). The third kappa shape index (κ3) is 5.30. The van der Waals surface area contributed by atoms with Gasteiger partial charge in [0.25, 0.3) is 0 Å². The Morgan fingerprint density at radius 1 is 0.516 bits per heavy atom. The van der Waals surface area contributed by atoms with Crippen LogP contribution >= 0.6 is 23.5 Å². The summed E-state index contributed by atoms with van der Waals surface area (Å²) in [5, 5.41) is 3.35. The molecule has 0 aromatic heterocycles. The van der Waals surface area contributed by atoms with E-state index in [1.54, 1.807) is 0 Å². The van der Waals surface area contributed by atoms with Crippen molar-refractivity contribution in [2.75, 3.05) is 0 Å². The van der Waals surface area contributed by atoms with E-state index in [9.17, 15) is 0 Å². The van der Waals surface area contributed by atoms with Gasteiger partial charge in [-0.3, -0.25) is 9.98 Å². The third-order valence-corrected chi connectivity index (χ3v) is 7.73. The van der Waals surface area contributed by atoms with E-state index in [-0.39, 0.29) is 20.1 Å². The summed E-state index contributed by atoms with van der Waals surface area (Å²) in [7, 11) is 0. The second-order valence-electron chi connectivity index (χ2n) is 7.29. The fraction of sp³-hybridized carbons (Fsp3) is 0.154. The summed E-state index contributed by atoms with van der Waals surface area (Å²) < 4.78 is 0. The molecule has 31 heavy (non-hydrogen) atoms. The largest absolute Gasteiger partial charge is 0.269 e. The van der Waals surface area contributed by atoms with Crippen molar-refractivity contribution in [3.8, 4) is 0 Å². The van der Waals surface area contributed by atoms with Crippen LogP contribution in [0.15, 0.2) is 119 Å². The van der Waals surface area contributed by atoms with Crippen LogP contribution in [0.25, 0.3) is 0 Å². The molecule has 2 nitrogen and oxygen atoms in total. The van der Waals surface area contributed by atoms with Crippen molar-refractivity contribution in [3.63, 3.8) is 0 Å². The van der Waals surface area contributed by atoms with E-state index in [2.05, 4.69) is 97.1 Å². The number of thioether (sulfide) groups is 2. The number of benzene rings is 2. The number of allylic oxidation sites excluding steroid dienone is 4. The second-order valence-corrected chi connectivity index (χ2v) is 9.62. The number of nitrogens with zero attached hydrogens (tertiary/aromatic N) is 2. The van der Waals surface area contributed by atoms with Crippen LogP contribution in [-0.4, -0.2) is 32.7 Å². The normalized spacial score (nSPS) is 26.7. The molecule has 0 saturated heterocycles. The smallest absolute Gasteiger partial charge is 0.0991 e. The topological polar surface area (TPSA) is 24.7 Å². The van der Waals surface area contributed by atoms with Gasteiger partial charge < -0.3 is 0 Å². The maximum Gasteiger partial charge on any atom is 0.0991 e. The van der Waals surface area contributed by atoms with Crippen molar-refractivity contribution in [1.29, 1.82) is 0 Å². The number of rotatable bonds is 2. The predicted octanol–water partition coefficient (Wildman–Crippen LogP) is 6.08. The van der Waals surface area contributed by atoms with Gasteiger partial charge in [-0.1, -0.05) is 133 Å². The predicted molar refractivity (Wildman–Crippen MR) is 133 cm³/mol. The minimum atomic E-state index is 0. The van der Waals surface area contributed by atoms with Gasteiger partial charge >= 0.3 is 0 Å². The van der Waals surface area contributed by atoms with E-state index in [0.717, 1.165) is 0 Å². The summed E-state index contributed by atoms with van der Waals surface area (Å²) in [5.74, 6) is 0. The summed E-state index contributed by atoms with van der Waals surface area (Å²) in [6.07, 6.45) is 17.2.